The molecule has 3 nitrogen and oxygen atoms in total. The molecule has 0 spiro atoms. The molecule has 4 unspecified atom stereocenters. The topological polar surface area (TPSA) is 35.0 Å². The zero-order valence-electron chi connectivity index (χ0n) is 34.0. The predicted octanol–water partition coefficient (Wildman–Crippen LogP) is 9.45. The molecule has 0 amide bonds. The highest BCUT2D eigenvalue weighted by Crippen LogP contribution is 2.57. The van der Waals surface area contributed by atoms with Crippen LogP contribution in [-0.4, -0.2) is 48.0 Å². The lowest BCUT2D eigenvalue weighted by atomic mass is 9.76. The van der Waals surface area contributed by atoms with Gasteiger partial charge in [0.25, 0.3) is 0 Å². The zero-order chi connectivity index (χ0) is 39.2. The van der Waals surface area contributed by atoms with Crippen molar-refractivity contribution in [3.05, 3.63) is 168 Å². The predicted molar refractivity (Wildman–Crippen MR) is 237 cm³/mol. The Balaban J connectivity index is 1.70. The largest absolute Gasteiger partial charge is 0.374 e. The van der Waals surface area contributed by atoms with E-state index in [1.807, 2.05) is 0 Å². The molecule has 4 atom stereocenters. The van der Waals surface area contributed by atoms with Crippen LogP contribution >= 0.6 is 0 Å². The first-order valence-corrected chi connectivity index (χ1v) is 23.8. The van der Waals surface area contributed by atoms with Crippen LogP contribution < -0.4 is 10.4 Å². The Kier molecular flexibility index (Phi) is 12.7. The van der Waals surface area contributed by atoms with Gasteiger partial charge >= 0.3 is 0 Å². The van der Waals surface area contributed by atoms with E-state index in [4.69, 9.17) is 14.7 Å². The number of hydrogen-bond acceptors (Lipinski definition) is 3. The summed E-state index contributed by atoms with van der Waals surface area (Å²) in [6.45, 7) is 18.9. The molecule has 0 saturated heterocycles. The van der Waals surface area contributed by atoms with Crippen LogP contribution in [0, 0.1) is 10.8 Å². The SMILES string of the molecule is CCc1ccc(C(OC([Si]c2ccccc2)([Si]C2(C(C)(C)C)C=CC=CC2)c2ccc(CC)nc2)([Si]c2ccccc2)[Si]C2(C(C)(C)C)C=CC=CC2)cn1. The van der Waals surface area contributed by atoms with E-state index in [-0.39, 0.29) is 20.9 Å². The van der Waals surface area contributed by atoms with Crippen molar-refractivity contribution in [1.82, 2.24) is 9.97 Å². The van der Waals surface area contributed by atoms with Crippen molar-refractivity contribution >= 4 is 48.5 Å². The van der Waals surface area contributed by atoms with Crippen molar-refractivity contribution in [3.8, 4) is 0 Å². The van der Waals surface area contributed by atoms with Crippen LogP contribution in [0.3, 0.4) is 0 Å². The van der Waals surface area contributed by atoms with Crippen molar-refractivity contribution in [2.45, 2.75) is 101 Å². The van der Waals surface area contributed by atoms with Crippen LogP contribution in [0.4, 0.5) is 0 Å². The molecule has 2 aliphatic rings. The number of ether oxygens (including phenoxy) is 1. The first kappa shape index (κ1) is 41.2. The summed E-state index contributed by atoms with van der Waals surface area (Å²) in [5.74, 6) is 0. The molecule has 2 aromatic carbocycles. The van der Waals surface area contributed by atoms with E-state index in [0.717, 1.165) is 48.2 Å². The molecule has 0 aliphatic heterocycles. The Bertz CT molecular complexity index is 1840. The molecule has 0 fully saturated rings. The van der Waals surface area contributed by atoms with Crippen molar-refractivity contribution in [3.63, 3.8) is 0 Å². The van der Waals surface area contributed by atoms with Gasteiger partial charge in [-0.05, 0) is 69.8 Å². The fourth-order valence-electron chi connectivity index (χ4n) is 7.48. The zero-order valence-corrected chi connectivity index (χ0v) is 38.0. The first-order chi connectivity index (χ1) is 26.3. The van der Waals surface area contributed by atoms with Gasteiger partial charge in [-0.25, -0.2) is 0 Å². The molecule has 0 saturated carbocycles. The third-order valence-electron chi connectivity index (χ3n) is 11.3. The maximum Gasteiger partial charge on any atom is 0.124 e. The van der Waals surface area contributed by atoms with Gasteiger partial charge in [-0.1, -0.05) is 187 Å². The molecular formula is C48H56N2OSi4. The highest BCUT2D eigenvalue weighted by atomic mass is 28.3. The highest BCUT2D eigenvalue weighted by molar-refractivity contribution is 6.73. The highest BCUT2D eigenvalue weighted by Gasteiger charge is 2.56. The Morgan fingerprint density at radius 2 is 0.945 bits per heavy atom. The van der Waals surface area contributed by atoms with Gasteiger partial charge < -0.3 is 4.74 Å². The Morgan fingerprint density at radius 3 is 1.24 bits per heavy atom. The fraction of sp³-hybridized carbons (Fsp3) is 0.375. The van der Waals surface area contributed by atoms with Crippen molar-refractivity contribution in [1.29, 1.82) is 0 Å². The number of nitrogens with zero attached hydrogens (tertiary/aromatic N) is 2. The van der Waals surface area contributed by atoms with Crippen LogP contribution in [0.1, 0.15) is 90.7 Å². The van der Waals surface area contributed by atoms with Crippen LogP contribution in [0.2, 0.25) is 10.1 Å². The van der Waals surface area contributed by atoms with Gasteiger partial charge in [-0.15, -0.1) is 0 Å². The molecule has 6 rings (SSSR count). The van der Waals surface area contributed by atoms with Gasteiger partial charge in [0.1, 0.15) is 19.0 Å². The molecule has 0 N–H and O–H groups in total. The summed E-state index contributed by atoms with van der Waals surface area (Å²) >= 11 is 0. The monoisotopic (exact) mass is 788 g/mol. The Morgan fingerprint density at radius 1 is 0.545 bits per heavy atom. The van der Waals surface area contributed by atoms with Gasteiger partial charge in [0.05, 0.1) is 28.7 Å². The van der Waals surface area contributed by atoms with E-state index in [0.29, 0.717) is 38.1 Å². The van der Waals surface area contributed by atoms with Gasteiger partial charge in [0, 0.05) is 23.8 Å². The number of rotatable bonds is 14. The maximum atomic E-state index is 8.65. The number of benzene rings is 2. The van der Waals surface area contributed by atoms with E-state index in [1.54, 1.807) is 0 Å². The molecule has 7 heteroatoms. The average molecular weight is 789 g/mol. The van der Waals surface area contributed by atoms with E-state index in [2.05, 4.69) is 201 Å². The van der Waals surface area contributed by atoms with Gasteiger partial charge in [-0.3, -0.25) is 9.97 Å². The number of allylic oxidation sites excluding steroid dienone is 8. The molecule has 2 aliphatic carbocycles. The molecule has 55 heavy (non-hydrogen) atoms. The fourth-order valence-corrected chi connectivity index (χ4v) is 16.9. The van der Waals surface area contributed by atoms with E-state index in [9.17, 15) is 0 Å². The smallest absolute Gasteiger partial charge is 0.124 e. The van der Waals surface area contributed by atoms with Gasteiger partial charge in [-0.2, -0.15) is 0 Å². The minimum atomic E-state index is -0.713. The van der Waals surface area contributed by atoms with E-state index in [1.165, 1.54) is 10.4 Å². The molecule has 8 radical (unpaired) electrons. The Labute approximate surface area is 341 Å². The molecule has 0 bridgehead atoms. The van der Waals surface area contributed by atoms with Crippen molar-refractivity contribution in [2.75, 3.05) is 0 Å². The van der Waals surface area contributed by atoms with E-state index >= 15 is 0 Å². The first-order valence-electron chi connectivity index (χ1n) is 19.8. The number of hydrogen-bond donors (Lipinski definition) is 0. The lowest BCUT2D eigenvalue weighted by Gasteiger charge is -2.54. The van der Waals surface area contributed by atoms with Crippen LogP contribution in [0.15, 0.2) is 146 Å². The number of aromatic nitrogens is 2. The summed E-state index contributed by atoms with van der Waals surface area (Å²) in [7, 11) is 1.48. The summed E-state index contributed by atoms with van der Waals surface area (Å²) in [5.41, 5.74) is 4.43. The van der Waals surface area contributed by atoms with Crippen molar-refractivity contribution < 1.29 is 4.74 Å². The van der Waals surface area contributed by atoms with Crippen molar-refractivity contribution in [2.24, 2.45) is 10.8 Å². The molecule has 2 aromatic heterocycles. The van der Waals surface area contributed by atoms with Crippen LogP contribution in [0.5, 0.6) is 0 Å². The minimum absolute atomic E-state index is 0.0419. The molecule has 2 heterocycles. The van der Waals surface area contributed by atoms with Crippen LogP contribution in [0.25, 0.3) is 0 Å². The standard InChI is InChI=1S/C48H56N2OSi4/c1-9-39-29-27-37(35-49-39)47(52-41-23-15-11-16-24-41,54-45(43(3,4)5)31-19-13-20-32-45)51-48(53-42-25-17-12-18-26-42,38-28-30-40(10-2)50-36-38)55-46(44(6,7)8)33-21-14-22-34-46/h11-31,33,35-36H,9-10,32,34H2,1-8H3. The van der Waals surface area contributed by atoms with Gasteiger partial charge in [0.15, 0.2) is 0 Å². The minimum Gasteiger partial charge on any atom is -0.374 e. The normalized spacial score (nSPS) is 22.0. The summed E-state index contributed by atoms with van der Waals surface area (Å²) in [6.07, 6.45) is 26.7. The summed E-state index contributed by atoms with van der Waals surface area (Å²) in [4.78, 5) is 8.83. The summed E-state index contributed by atoms with van der Waals surface area (Å²) in [5, 5.41) is 2.27. The number of pyridine rings is 2. The van der Waals surface area contributed by atoms with Gasteiger partial charge in [0.2, 0.25) is 0 Å². The molecule has 4 aromatic rings. The lowest BCUT2D eigenvalue weighted by molar-refractivity contribution is 0.00733. The third kappa shape index (κ3) is 9.07. The lowest BCUT2D eigenvalue weighted by Crippen LogP contribution is -2.62. The third-order valence-corrected chi connectivity index (χ3v) is 20.1. The summed E-state index contributed by atoms with van der Waals surface area (Å²) in [6, 6.07) is 31.3. The van der Waals surface area contributed by atoms with Crippen LogP contribution in [-0.2, 0) is 27.3 Å². The average Bonchev–Trinajstić information content (AvgIpc) is 3.18. The quantitative estimate of drug-likeness (QED) is 0.120. The summed E-state index contributed by atoms with van der Waals surface area (Å²) < 4.78 is 8.65. The number of aryl methyl sites for hydroxylation is 2. The second-order valence-electron chi connectivity index (χ2n) is 16.9. The molecular weight excluding hydrogens is 733 g/mol. The molecule has 280 valence electrons. The maximum absolute atomic E-state index is 8.65. The second-order valence-corrected chi connectivity index (χ2v) is 24.7. The van der Waals surface area contributed by atoms with E-state index < -0.39 is 9.70 Å². The Hall–Kier alpha value is -3.47. The second kappa shape index (κ2) is 16.9.